The van der Waals surface area contributed by atoms with E-state index in [2.05, 4.69) is 9.88 Å². The number of anilines is 1. The first kappa shape index (κ1) is 25.8. The predicted octanol–water partition coefficient (Wildman–Crippen LogP) is 5.23. The third-order valence-corrected chi connectivity index (χ3v) is 6.71. The number of rotatable bonds is 8. The summed E-state index contributed by atoms with van der Waals surface area (Å²) in [6, 6.07) is 13.1. The zero-order valence-corrected chi connectivity index (χ0v) is 20.7. The number of imidazole rings is 1. The van der Waals surface area contributed by atoms with Crippen LogP contribution in [0.1, 0.15) is 30.9 Å². The van der Waals surface area contributed by atoms with Crippen LogP contribution in [-0.4, -0.2) is 45.9 Å². The third-order valence-electron chi connectivity index (χ3n) is 6.71. The Kier molecular flexibility index (Phi) is 6.91. The van der Waals surface area contributed by atoms with Crippen molar-refractivity contribution in [1.82, 2.24) is 9.55 Å². The molecule has 0 radical (unpaired) electrons. The van der Waals surface area contributed by atoms with Crippen LogP contribution in [0.2, 0.25) is 0 Å². The highest BCUT2D eigenvalue weighted by Crippen LogP contribution is 2.32. The van der Waals surface area contributed by atoms with Crippen LogP contribution in [0, 0.1) is 10.1 Å². The maximum atomic E-state index is 12.7. The molecule has 9 nitrogen and oxygen atoms in total. The number of aromatic nitrogens is 2. The van der Waals surface area contributed by atoms with E-state index in [1.165, 1.54) is 18.3 Å². The predicted molar refractivity (Wildman–Crippen MR) is 131 cm³/mol. The molecule has 0 amide bonds. The van der Waals surface area contributed by atoms with Gasteiger partial charge in [-0.1, -0.05) is 12.1 Å². The van der Waals surface area contributed by atoms with Gasteiger partial charge < -0.3 is 29.2 Å². The van der Waals surface area contributed by atoms with Gasteiger partial charge in [0.1, 0.15) is 18.6 Å². The molecule has 38 heavy (non-hydrogen) atoms. The Morgan fingerprint density at radius 2 is 1.82 bits per heavy atom. The standard InChI is InChI=1S/C26H27F3N4O5/c1-25(16-32-14-23(33(34)35)30-24(32)38-25)17-37-21-8-6-20(7-9-21)31-12-10-22(11-13-31)36-15-18-2-4-19(5-3-18)26(27,28)29/h2-9,14,22H,10-13,15-17H2,1H3/t25-/m1/s1. The lowest BCUT2D eigenvalue weighted by atomic mass is 10.1. The van der Waals surface area contributed by atoms with Gasteiger partial charge >= 0.3 is 18.0 Å². The zero-order chi connectivity index (χ0) is 26.9. The number of alkyl halides is 3. The van der Waals surface area contributed by atoms with E-state index in [1.54, 1.807) is 4.57 Å². The van der Waals surface area contributed by atoms with Gasteiger partial charge in [0.05, 0.1) is 24.8 Å². The Hall–Kier alpha value is -3.80. The first-order valence-corrected chi connectivity index (χ1v) is 12.2. The Labute approximate surface area is 216 Å². The van der Waals surface area contributed by atoms with E-state index in [9.17, 15) is 23.3 Å². The third kappa shape index (κ3) is 5.85. The molecule has 202 valence electrons. The fraction of sp³-hybridized carbons (Fsp3) is 0.423. The van der Waals surface area contributed by atoms with Crippen molar-refractivity contribution in [2.75, 3.05) is 24.6 Å². The Morgan fingerprint density at radius 1 is 1.13 bits per heavy atom. The number of nitro groups is 1. The van der Waals surface area contributed by atoms with Gasteiger partial charge in [-0.05, 0) is 66.7 Å². The zero-order valence-electron chi connectivity index (χ0n) is 20.7. The van der Waals surface area contributed by atoms with Crippen molar-refractivity contribution in [3.8, 4) is 11.8 Å². The summed E-state index contributed by atoms with van der Waals surface area (Å²) >= 11 is 0. The van der Waals surface area contributed by atoms with Crippen molar-refractivity contribution < 1.29 is 32.3 Å². The summed E-state index contributed by atoms with van der Waals surface area (Å²) in [5, 5.41) is 10.9. The SMILES string of the molecule is C[C@]1(COc2ccc(N3CCC(OCc4ccc(C(F)(F)F)cc4)CC3)cc2)Cn2cc([N+](=O)[O-])nc2O1. The highest BCUT2D eigenvalue weighted by atomic mass is 19.4. The quantitative estimate of drug-likeness (QED) is 0.290. The minimum absolute atomic E-state index is 0.0550. The van der Waals surface area contributed by atoms with Gasteiger partial charge in [-0.25, -0.2) is 0 Å². The summed E-state index contributed by atoms with van der Waals surface area (Å²) in [7, 11) is 0. The summed E-state index contributed by atoms with van der Waals surface area (Å²) < 4.78 is 57.4. The number of halogens is 3. The molecule has 2 aliphatic heterocycles. The molecule has 3 aromatic rings. The highest BCUT2D eigenvalue weighted by Gasteiger charge is 2.41. The van der Waals surface area contributed by atoms with Gasteiger partial charge in [0.25, 0.3) is 0 Å². The van der Waals surface area contributed by atoms with E-state index in [1.807, 2.05) is 31.2 Å². The number of nitrogens with zero attached hydrogens (tertiary/aromatic N) is 4. The van der Waals surface area contributed by atoms with Crippen molar-refractivity contribution in [3.05, 3.63) is 76.0 Å². The first-order chi connectivity index (χ1) is 18.1. The van der Waals surface area contributed by atoms with Crippen molar-refractivity contribution in [2.45, 2.75) is 50.8 Å². The molecule has 0 saturated carbocycles. The van der Waals surface area contributed by atoms with Crippen LogP contribution in [0.5, 0.6) is 11.8 Å². The minimum atomic E-state index is -4.34. The molecule has 1 atom stereocenters. The molecule has 3 heterocycles. The van der Waals surface area contributed by atoms with E-state index in [4.69, 9.17) is 14.2 Å². The fourth-order valence-electron chi connectivity index (χ4n) is 4.63. The molecular formula is C26H27F3N4O5. The second kappa shape index (κ2) is 10.2. The van der Waals surface area contributed by atoms with E-state index in [0.717, 1.165) is 49.3 Å². The number of ether oxygens (including phenoxy) is 3. The molecule has 0 N–H and O–H groups in total. The molecular weight excluding hydrogens is 505 g/mol. The smallest absolute Gasteiger partial charge is 0.416 e. The van der Waals surface area contributed by atoms with Crippen molar-refractivity contribution in [2.24, 2.45) is 0 Å². The van der Waals surface area contributed by atoms with Crippen LogP contribution >= 0.6 is 0 Å². The van der Waals surface area contributed by atoms with Crippen LogP contribution in [0.4, 0.5) is 24.7 Å². The van der Waals surface area contributed by atoms with Crippen molar-refractivity contribution in [1.29, 1.82) is 0 Å². The van der Waals surface area contributed by atoms with Gasteiger partial charge in [0.15, 0.2) is 5.60 Å². The number of benzene rings is 2. The molecule has 1 saturated heterocycles. The van der Waals surface area contributed by atoms with Crippen molar-refractivity contribution >= 4 is 11.5 Å². The number of fused-ring (bicyclic) bond motifs is 1. The van der Waals surface area contributed by atoms with Gasteiger partial charge in [0.2, 0.25) is 0 Å². The maximum absolute atomic E-state index is 12.7. The van der Waals surface area contributed by atoms with Crippen LogP contribution in [0.25, 0.3) is 0 Å². The molecule has 0 spiro atoms. The second-order valence-electron chi connectivity index (χ2n) is 9.79. The maximum Gasteiger partial charge on any atom is 0.416 e. The fourth-order valence-corrected chi connectivity index (χ4v) is 4.63. The van der Waals surface area contributed by atoms with Gasteiger partial charge in [-0.15, -0.1) is 0 Å². The molecule has 2 aliphatic rings. The topological polar surface area (TPSA) is 91.9 Å². The normalized spacial score (nSPS) is 19.7. The largest absolute Gasteiger partial charge is 0.489 e. The Morgan fingerprint density at radius 3 is 2.42 bits per heavy atom. The monoisotopic (exact) mass is 532 g/mol. The lowest BCUT2D eigenvalue weighted by molar-refractivity contribution is -0.389. The average molecular weight is 533 g/mol. The van der Waals surface area contributed by atoms with Gasteiger partial charge in [-0.2, -0.15) is 13.2 Å². The van der Waals surface area contributed by atoms with E-state index < -0.39 is 22.3 Å². The van der Waals surface area contributed by atoms with E-state index >= 15 is 0 Å². The van der Waals surface area contributed by atoms with E-state index in [-0.39, 0.29) is 31.1 Å². The van der Waals surface area contributed by atoms with Gasteiger partial charge in [0, 0.05) is 23.8 Å². The second-order valence-corrected chi connectivity index (χ2v) is 9.79. The summed E-state index contributed by atoms with van der Waals surface area (Å²) in [6.07, 6.45) is -1.28. The Bertz CT molecular complexity index is 1250. The summed E-state index contributed by atoms with van der Waals surface area (Å²) in [6.45, 7) is 4.42. The molecule has 12 heteroatoms. The molecule has 0 unspecified atom stereocenters. The number of hydrogen-bond acceptors (Lipinski definition) is 7. The first-order valence-electron chi connectivity index (χ1n) is 12.2. The molecule has 0 bridgehead atoms. The Balaban J connectivity index is 1.06. The van der Waals surface area contributed by atoms with Gasteiger partial charge in [-0.3, -0.25) is 4.57 Å². The number of hydrogen-bond donors (Lipinski definition) is 0. The molecule has 1 aromatic heterocycles. The van der Waals surface area contributed by atoms with Crippen LogP contribution in [-0.2, 0) is 24.1 Å². The number of piperidine rings is 1. The lowest BCUT2D eigenvalue weighted by Crippen LogP contribution is -2.38. The van der Waals surface area contributed by atoms with Crippen molar-refractivity contribution in [3.63, 3.8) is 0 Å². The molecule has 2 aromatic carbocycles. The molecule has 0 aliphatic carbocycles. The van der Waals surface area contributed by atoms with Crippen LogP contribution in [0.15, 0.2) is 54.7 Å². The lowest BCUT2D eigenvalue weighted by Gasteiger charge is -2.33. The highest BCUT2D eigenvalue weighted by molar-refractivity contribution is 5.49. The summed E-state index contributed by atoms with van der Waals surface area (Å²) in [4.78, 5) is 16.5. The average Bonchev–Trinajstić information content (AvgIpc) is 3.42. The summed E-state index contributed by atoms with van der Waals surface area (Å²) in [5.41, 5.74) is 0.444. The van der Waals surface area contributed by atoms with Crippen LogP contribution < -0.4 is 14.4 Å². The van der Waals surface area contributed by atoms with Crippen LogP contribution in [0.3, 0.4) is 0 Å². The minimum Gasteiger partial charge on any atom is -0.489 e. The molecule has 5 rings (SSSR count). The molecule has 1 fully saturated rings. The van der Waals surface area contributed by atoms with E-state index in [0.29, 0.717) is 12.3 Å². The summed E-state index contributed by atoms with van der Waals surface area (Å²) in [5.74, 6) is 0.442.